The van der Waals surface area contributed by atoms with Crippen LogP contribution in [0.3, 0.4) is 0 Å². The summed E-state index contributed by atoms with van der Waals surface area (Å²) in [6, 6.07) is 66.5. The van der Waals surface area contributed by atoms with E-state index >= 15 is 0 Å². The SMILES string of the molecule is [2H]c1c([2H])c([2H])c(N(c2ccc3c(c2)N(c2ccc4c(c2)C(C)(C)c2ccccc2-4)c2cc(C(C)(C)C)cc4c2B3c2cc(-c3cccc5c3-c3ccccc3C5(C)C)ccc2N4c2ccc(-c3cccc4c3-c3ccccc3C4(C)C)cc2)c2c([2H])c([2H])c([2H])c([2H])c2[2H])c([2H])c1[2H]. The third-order valence-corrected chi connectivity index (χ3v) is 20.4. The highest BCUT2D eigenvalue weighted by atomic mass is 15.2. The Kier molecular flexibility index (Phi) is 9.35. The molecule has 0 amide bonds. The largest absolute Gasteiger partial charge is 0.311 e. The molecule has 5 aliphatic rings. The molecule has 0 N–H and O–H groups in total. The summed E-state index contributed by atoms with van der Waals surface area (Å²) in [7, 11) is 0. The van der Waals surface area contributed by atoms with Crippen molar-refractivity contribution >= 4 is 74.3 Å². The fourth-order valence-electron chi connectivity index (χ4n) is 16.0. The molecule has 3 aliphatic carbocycles. The first-order chi connectivity index (χ1) is 47.2. The minimum absolute atomic E-state index is 0.172. The van der Waals surface area contributed by atoms with E-state index in [9.17, 15) is 5.48 Å². The second kappa shape index (κ2) is 19.1. The lowest BCUT2D eigenvalue weighted by molar-refractivity contribution is 0.590. The van der Waals surface area contributed by atoms with Crippen LogP contribution in [0, 0.1) is 0 Å². The zero-order valence-corrected chi connectivity index (χ0v) is 51.5. The van der Waals surface area contributed by atoms with E-state index in [1.54, 1.807) is 0 Å². The molecule has 12 aromatic carbocycles. The summed E-state index contributed by atoms with van der Waals surface area (Å²) >= 11 is 0. The predicted octanol–water partition coefficient (Wildman–Crippen LogP) is 20.8. The molecular weight excluding hydrogens is 1070 g/mol. The van der Waals surface area contributed by atoms with E-state index in [0.29, 0.717) is 5.69 Å². The van der Waals surface area contributed by atoms with Gasteiger partial charge in [-0.15, -0.1) is 0 Å². The minimum Gasteiger partial charge on any atom is -0.311 e. The van der Waals surface area contributed by atoms with Gasteiger partial charge in [0.25, 0.3) is 6.71 Å². The lowest BCUT2D eigenvalue weighted by Gasteiger charge is -2.45. The summed E-state index contributed by atoms with van der Waals surface area (Å²) in [5.41, 5.74) is 26.8. The van der Waals surface area contributed by atoms with Crippen LogP contribution in [0.15, 0.2) is 261 Å². The van der Waals surface area contributed by atoms with Crippen molar-refractivity contribution in [1.29, 1.82) is 0 Å². The highest BCUT2D eigenvalue weighted by molar-refractivity contribution is 7.00. The van der Waals surface area contributed by atoms with Gasteiger partial charge in [-0.25, -0.2) is 0 Å². The molecule has 0 aromatic heterocycles. The molecule has 0 spiro atoms. The van der Waals surface area contributed by atoms with E-state index in [1.165, 1.54) is 66.1 Å². The zero-order valence-electron chi connectivity index (χ0n) is 61.5. The first-order valence-corrected chi connectivity index (χ1v) is 31.0. The maximum atomic E-state index is 9.57. The molecule has 2 aliphatic heterocycles. The first kappa shape index (κ1) is 43.7. The lowest BCUT2D eigenvalue weighted by atomic mass is 9.33. The topological polar surface area (TPSA) is 9.72 Å². The number of anilines is 9. The number of hydrogen-bond acceptors (Lipinski definition) is 3. The van der Waals surface area contributed by atoms with Crippen LogP contribution in [-0.2, 0) is 21.7 Å². The molecule has 3 nitrogen and oxygen atoms in total. The van der Waals surface area contributed by atoms with Crippen LogP contribution in [0.4, 0.5) is 51.2 Å². The molecule has 4 heteroatoms. The predicted molar refractivity (Wildman–Crippen MR) is 377 cm³/mol. The lowest BCUT2D eigenvalue weighted by Crippen LogP contribution is -2.61. The summed E-state index contributed by atoms with van der Waals surface area (Å²) in [4.78, 5) is 6.04. The maximum Gasteiger partial charge on any atom is 0.252 e. The van der Waals surface area contributed by atoms with Crippen molar-refractivity contribution in [1.82, 2.24) is 0 Å². The van der Waals surface area contributed by atoms with Gasteiger partial charge in [0, 0.05) is 67.4 Å². The monoisotopic (exact) mass is 1150 g/mol. The van der Waals surface area contributed by atoms with Gasteiger partial charge in [0.05, 0.1) is 13.7 Å². The summed E-state index contributed by atoms with van der Waals surface area (Å²) in [6.45, 7) is 20.0. The molecular formula is C85H70BN3. The Morgan fingerprint density at radius 1 is 0.360 bits per heavy atom. The van der Waals surface area contributed by atoms with E-state index in [1.807, 2.05) is 18.2 Å². The quantitative estimate of drug-likeness (QED) is 0.147. The van der Waals surface area contributed by atoms with Crippen LogP contribution in [0.2, 0.25) is 0 Å². The molecule has 0 radical (unpaired) electrons. The fraction of sp³-hybridized carbons (Fsp3) is 0.153. The molecule has 0 unspecified atom stereocenters. The molecule has 0 saturated carbocycles. The number of nitrogens with zero attached hydrogens (tertiary/aromatic N) is 3. The Balaban J connectivity index is 0.967. The number of hydrogen-bond donors (Lipinski definition) is 0. The molecule has 12 aromatic rings. The van der Waals surface area contributed by atoms with Crippen molar-refractivity contribution in [2.24, 2.45) is 0 Å². The van der Waals surface area contributed by atoms with Crippen LogP contribution in [0.5, 0.6) is 0 Å². The summed E-state index contributed by atoms with van der Waals surface area (Å²) < 4.78 is 91.9. The summed E-state index contributed by atoms with van der Waals surface area (Å²) in [5, 5.41) is 0. The Labute approximate surface area is 539 Å². The highest BCUT2D eigenvalue weighted by Gasteiger charge is 2.46. The fourth-order valence-corrected chi connectivity index (χ4v) is 16.0. The molecule has 2 heterocycles. The Bertz CT molecular complexity index is 5440. The van der Waals surface area contributed by atoms with Gasteiger partial charge in [0.15, 0.2) is 0 Å². The average Bonchev–Trinajstić information content (AvgIpc) is 1.51. The third kappa shape index (κ3) is 7.72. The minimum atomic E-state index is -0.635. The second-order valence-corrected chi connectivity index (χ2v) is 27.3. The highest BCUT2D eigenvalue weighted by Crippen LogP contribution is 2.57. The Morgan fingerprint density at radius 3 is 1.42 bits per heavy atom. The molecule has 17 rings (SSSR count). The maximum absolute atomic E-state index is 9.57. The molecule has 428 valence electrons. The van der Waals surface area contributed by atoms with Crippen molar-refractivity contribution in [3.63, 3.8) is 0 Å². The smallest absolute Gasteiger partial charge is 0.252 e. The van der Waals surface area contributed by atoms with E-state index in [0.717, 1.165) is 78.2 Å². The Morgan fingerprint density at radius 2 is 0.831 bits per heavy atom. The molecule has 0 bridgehead atoms. The Hall–Kier alpha value is -9.90. The van der Waals surface area contributed by atoms with Crippen molar-refractivity contribution in [3.05, 3.63) is 300 Å². The van der Waals surface area contributed by atoms with Gasteiger partial charge in [0.1, 0.15) is 0 Å². The van der Waals surface area contributed by atoms with Crippen LogP contribution >= 0.6 is 0 Å². The number of fused-ring (bicyclic) bond motifs is 13. The van der Waals surface area contributed by atoms with Crippen LogP contribution in [0.25, 0.3) is 55.6 Å². The van der Waals surface area contributed by atoms with E-state index in [4.69, 9.17) is 8.22 Å². The molecule has 89 heavy (non-hydrogen) atoms. The number of para-hydroxylation sites is 2. The van der Waals surface area contributed by atoms with Gasteiger partial charge >= 0.3 is 0 Å². The van der Waals surface area contributed by atoms with Crippen molar-refractivity contribution in [2.75, 3.05) is 14.7 Å². The standard InChI is InChI=1S/C85H70BN3/c1-82(2,3)55-49-77-81-78(50-55)89(59-43-45-64-63-28-16-19-33-67(63)85(8,9)72(64)51-59)76-52-60(87(56-24-12-10-13-25-56)57-26-14-11-15-27-57)44-46-73(76)86(81)74-48-54(62-32-23-37-71-80(62)66-30-18-21-35-69(66)84(71,6)7)40-47-75(74)88(77)58-41-38-53(39-42-58)61-31-22-36-70-79(61)65-29-17-20-34-68(65)83(70,4)5/h10-52H,1-9H3/i10D,11D,12D,13D,14D,15D,24D,25D,26D,27D. The van der Waals surface area contributed by atoms with Crippen LogP contribution in [-0.4, -0.2) is 6.71 Å². The van der Waals surface area contributed by atoms with E-state index in [2.05, 4.69) is 254 Å². The summed E-state index contributed by atoms with van der Waals surface area (Å²) in [5.74, 6) is 0. The van der Waals surface area contributed by atoms with Gasteiger partial charge in [-0.2, -0.15) is 0 Å². The van der Waals surface area contributed by atoms with Crippen LogP contribution in [0.1, 0.15) is 115 Å². The van der Waals surface area contributed by atoms with Gasteiger partial charge < -0.3 is 14.7 Å². The zero-order chi connectivity index (χ0) is 69.2. The van der Waals surface area contributed by atoms with Gasteiger partial charge in [-0.1, -0.05) is 244 Å². The van der Waals surface area contributed by atoms with Gasteiger partial charge in [-0.05, 0) is 195 Å². The normalized spacial score (nSPS) is 16.8. The van der Waals surface area contributed by atoms with E-state index in [-0.39, 0.29) is 27.9 Å². The van der Waals surface area contributed by atoms with Gasteiger partial charge in [0.2, 0.25) is 0 Å². The average molecular weight is 1150 g/mol. The number of rotatable bonds is 7. The first-order valence-electron chi connectivity index (χ1n) is 36.0. The number of benzene rings is 12. The molecule has 0 atom stereocenters. The van der Waals surface area contributed by atoms with Crippen molar-refractivity contribution in [2.45, 2.75) is 84.0 Å². The van der Waals surface area contributed by atoms with Gasteiger partial charge in [-0.3, -0.25) is 0 Å². The second-order valence-electron chi connectivity index (χ2n) is 27.3. The molecule has 0 saturated heterocycles. The third-order valence-electron chi connectivity index (χ3n) is 20.4. The van der Waals surface area contributed by atoms with E-state index < -0.39 is 78.0 Å². The van der Waals surface area contributed by atoms with Crippen molar-refractivity contribution < 1.29 is 13.7 Å². The van der Waals surface area contributed by atoms with Crippen molar-refractivity contribution in [3.8, 4) is 55.6 Å². The summed E-state index contributed by atoms with van der Waals surface area (Å²) in [6.07, 6.45) is 0. The molecule has 0 fully saturated rings. The van der Waals surface area contributed by atoms with Crippen LogP contribution < -0.4 is 31.1 Å².